The summed E-state index contributed by atoms with van der Waals surface area (Å²) < 4.78 is 3.89. The summed E-state index contributed by atoms with van der Waals surface area (Å²) in [7, 11) is 0. The Kier molecular flexibility index (Phi) is 5.49. The first kappa shape index (κ1) is 21.4. The molecular weight excluding hydrogens is 434 g/mol. The molecule has 168 valence electrons. The van der Waals surface area contributed by atoms with Crippen molar-refractivity contribution in [2.24, 2.45) is 0 Å². The van der Waals surface area contributed by atoms with E-state index >= 15 is 0 Å². The zero-order valence-electron chi connectivity index (χ0n) is 19.0. The van der Waals surface area contributed by atoms with Crippen molar-refractivity contribution in [3.63, 3.8) is 0 Å². The van der Waals surface area contributed by atoms with Gasteiger partial charge < -0.3 is 4.57 Å². The number of carbonyl (C=O) groups is 1. The molecule has 1 aromatic carbocycles. The van der Waals surface area contributed by atoms with Crippen LogP contribution in [0.2, 0.25) is 0 Å². The molecule has 0 atom stereocenters. The van der Waals surface area contributed by atoms with E-state index in [1.54, 1.807) is 23.0 Å². The summed E-state index contributed by atoms with van der Waals surface area (Å²) >= 11 is 1.63. The minimum atomic E-state index is -0.0585. The number of hydrogen-bond acceptors (Lipinski definition) is 6. The molecule has 0 N–H and O–H groups in total. The van der Waals surface area contributed by atoms with Crippen molar-refractivity contribution in [3.8, 4) is 22.6 Å². The molecular formula is C24H25N7OS. The zero-order valence-corrected chi connectivity index (χ0v) is 19.8. The maximum absolute atomic E-state index is 13.5. The molecule has 33 heavy (non-hydrogen) atoms. The maximum atomic E-state index is 13.5. The lowest BCUT2D eigenvalue weighted by atomic mass is 10.1. The van der Waals surface area contributed by atoms with E-state index in [1.807, 2.05) is 58.0 Å². The fourth-order valence-electron chi connectivity index (χ4n) is 3.78. The molecule has 4 heterocycles. The number of carbonyl (C=O) groups excluding carboxylic acids is 1. The quantitative estimate of drug-likeness (QED) is 0.414. The summed E-state index contributed by atoms with van der Waals surface area (Å²) in [5.74, 6) is 1.74. The molecule has 8 nitrogen and oxygen atoms in total. The summed E-state index contributed by atoms with van der Waals surface area (Å²) in [6, 6.07) is 12.2. The highest BCUT2D eigenvalue weighted by atomic mass is 32.2. The van der Waals surface area contributed by atoms with Crippen molar-refractivity contribution in [2.45, 2.75) is 44.7 Å². The fourth-order valence-corrected chi connectivity index (χ4v) is 4.77. The van der Waals surface area contributed by atoms with Crippen molar-refractivity contribution in [2.75, 3.05) is 10.8 Å². The Bertz CT molecular complexity index is 1320. The average Bonchev–Trinajstić information content (AvgIpc) is 3.50. The van der Waals surface area contributed by atoms with Crippen LogP contribution in [0, 0.1) is 0 Å². The van der Waals surface area contributed by atoms with Crippen molar-refractivity contribution >= 4 is 23.5 Å². The highest BCUT2D eigenvalue weighted by molar-refractivity contribution is 7.99. The number of anilines is 1. The van der Waals surface area contributed by atoms with E-state index in [0.29, 0.717) is 28.8 Å². The van der Waals surface area contributed by atoms with Crippen LogP contribution >= 0.6 is 11.8 Å². The number of hydrogen-bond donors (Lipinski definition) is 0. The SMILES string of the molecule is CC(C)n1cc(-c2ccc3c(c2)C(=O)N(c2cccc(-c4nncn4C(C)C)n2)CS3)cn1. The normalized spacial score (nSPS) is 13.8. The van der Waals surface area contributed by atoms with Gasteiger partial charge in [-0.15, -0.1) is 22.0 Å². The third-order valence-corrected chi connectivity index (χ3v) is 6.69. The van der Waals surface area contributed by atoms with Gasteiger partial charge in [-0.05, 0) is 57.5 Å². The predicted octanol–water partition coefficient (Wildman–Crippen LogP) is 5.08. The van der Waals surface area contributed by atoms with E-state index in [2.05, 4.69) is 43.0 Å². The minimum Gasteiger partial charge on any atom is -0.310 e. The number of nitrogens with zero attached hydrogens (tertiary/aromatic N) is 7. The van der Waals surface area contributed by atoms with Crippen LogP contribution in [0.5, 0.6) is 0 Å². The van der Waals surface area contributed by atoms with E-state index < -0.39 is 0 Å². The number of pyridine rings is 1. The van der Waals surface area contributed by atoms with Crippen LogP contribution in [0.4, 0.5) is 5.82 Å². The molecule has 1 aliphatic heterocycles. The molecule has 0 radical (unpaired) electrons. The first-order valence-corrected chi connectivity index (χ1v) is 11.9. The van der Waals surface area contributed by atoms with Gasteiger partial charge in [0, 0.05) is 28.7 Å². The summed E-state index contributed by atoms with van der Waals surface area (Å²) in [6.45, 7) is 8.32. The second kappa shape index (κ2) is 8.47. The second-order valence-corrected chi connectivity index (χ2v) is 9.54. The molecule has 0 bridgehead atoms. The van der Waals surface area contributed by atoms with Crippen LogP contribution in [0.1, 0.15) is 50.1 Å². The van der Waals surface area contributed by atoms with E-state index in [4.69, 9.17) is 4.98 Å². The molecule has 9 heteroatoms. The fraction of sp³-hybridized carbons (Fsp3) is 0.292. The van der Waals surface area contributed by atoms with E-state index in [9.17, 15) is 4.79 Å². The van der Waals surface area contributed by atoms with Crippen molar-refractivity contribution in [1.82, 2.24) is 29.5 Å². The molecule has 1 aliphatic rings. The third kappa shape index (κ3) is 3.93. The highest BCUT2D eigenvalue weighted by Crippen LogP contribution is 2.35. The topological polar surface area (TPSA) is 81.7 Å². The number of rotatable bonds is 5. The van der Waals surface area contributed by atoms with Gasteiger partial charge in [-0.25, -0.2) is 4.98 Å². The van der Waals surface area contributed by atoms with Crippen LogP contribution in [-0.2, 0) is 0 Å². The number of thioether (sulfide) groups is 1. The summed E-state index contributed by atoms with van der Waals surface area (Å²) in [6.07, 6.45) is 5.56. The van der Waals surface area contributed by atoms with E-state index in [1.165, 1.54) is 0 Å². The molecule has 1 amide bonds. The smallest absolute Gasteiger partial charge is 0.261 e. The van der Waals surface area contributed by atoms with Gasteiger partial charge in [0.2, 0.25) is 0 Å². The molecule has 0 fully saturated rings. The molecule has 0 spiro atoms. The Labute approximate surface area is 196 Å². The third-order valence-electron chi connectivity index (χ3n) is 5.64. The lowest BCUT2D eigenvalue weighted by Gasteiger charge is -2.27. The van der Waals surface area contributed by atoms with E-state index in [0.717, 1.165) is 16.0 Å². The van der Waals surface area contributed by atoms with Gasteiger partial charge in [0.15, 0.2) is 5.82 Å². The first-order valence-electron chi connectivity index (χ1n) is 10.9. The van der Waals surface area contributed by atoms with Crippen LogP contribution in [-0.4, -0.2) is 41.3 Å². The van der Waals surface area contributed by atoms with Gasteiger partial charge >= 0.3 is 0 Å². The molecule has 5 rings (SSSR count). The van der Waals surface area contributed by atoms with Gasteiger partial charge in [-0.1, -0.05) is 12.1 Å². The second-order valence-electron chi connectivity index (χ2n) is 8.56. The maximum Gasteiger partial charge on any atom is 0.261 e. The number of aromatic nitrogens is 6. The van der Waals surface area contributed by atoms with Crippen molar-refractivity contribution in [3.05, 3.63) is 60.7 Å². The van der Waals surface area contributed by atoms with Gasteiger partial charge in [-0.3, -0.25) is 14.4 Å². The first-order chi connectivity index (χ1) is 15.9. The Hall–Kier alpha value is -3.46. The standard InChI is InChI=1S/C24H25N7OS/c1-15(2)29-13-25-28-23(29)20-6-5-7-22(27-20)30-14-33-21-9-8-17(10-19(21)24(30)32)18-11-26-31(12-18)16(3)4/h5-13,15-16H,14H2,1-4H3. The van der Waals surface area contributed by atoms with E-state index in [-0.39, 0.29) is 18.0 Å². The van der Waals surface area contributed by atoms with Crippen molar-refractivity contribution in [1.29, 1.82) is 0 Å². The Balaban J connectivity index is 1.47. The Morgan fingerprint density at radius 3 is 2.64 bits per heavy atom. The molecule has 0 aliphatic carbocycles. The van der Waals surface area contributed by atoms with Gasteiger partial charge in [0.05, 0.1) is 17.6 Å². The molecule has 0 unspecified atom stereocenters. The Morgan fingerprint density at radius 2 is 1.88 bits per heavy atom. The molecule has 0 saturated carbocycles. The van der Waals surface area contributed by atoms with Crippen molar-refractivity contribution < 1.29 is 4.79 Å². The summed E-state index contributed by atoms with van der Waals surface area (Å²) in [5, 5.41) is 12.7. The predicted molar refractivity (Wildman–Crippen MR) is 129 cm³/mol. The highest BCUT2D eigenvalue weighted by Gasteiger charge is 2.28. The Morgan fingerprint density at radius 1 is 1.03 bits per heavy atom. The van der Waals surface area contributed by atoms with Gasteiger partial charge in [0.25, 0.3) is 5.91 Å². The zero-order chi connectivity index (χ0) is 23.1. The molecule has 4 aromatic rings. The van der Waals surface area contributed by atoms with Gasteiger partial charge in [0.1, 0.15) is 17.8 Å². The molecule has 0 saturated heterocycles. The monoisotopic (exact) mass is 459 g/mol. The largest absolute Gasteiger partial charge is 0.310 e. The van der Waals surface area contributed by atoms with Crippen LogP contribution in [0.15, 0.2) is 60.0 Å². The van der Waals surface area contributed by atoms with Gasteiger partial charge in [-0.2, -0.15) is 5.10 Å². The minimum absolute atomic E-state index is 0.0585. The summed E-state index contributed by atoms with van der Waals surface area (Å²) in [4.78, 5) is 21.0. The summed E-state index contributed by atoms with van der Waals surface area (Å²) in [5.41, 5.74) is 3.34. The van der Waals surface area contributed by atoms with Crippen LogP contribution < -0.4 is 4.90 Å². The number of fused-ring (bicyclic) bond motifs is 1. The lowest BCUT2D eigenvalue weighted by Crippen LogP contribution is -2.34. The van der Waals surface area contributed by atoms with Crippen LogP contribution in [0.3, 0.4) is 0 Å². The molecule has 3 aromatic heterocycles. The number of benzene rings is 1. The van der Waals surface area contributed by atoms with Crippen LogP contribution in [0.25, 0.3) is 22.6 Å². The number of amides is 1. The lowest BCUT2D eigenvalue weighted by molar-refractivity contribution is 0.0986. The average molecular weight is 460 g/mol.